The first-order valence-corrected chi connectivity index (χ1v) is 7.10. The SMILES string of the molecule is COc1ccc(CCN(CC(=O)NC(C)C)C(C)=O)cc1. The molecule has 1 rings (SSSR count). The van der Waals surface area contributed by atoms with Crippen molar-refractivity contribution in [2.24, 2.45) is 0 Å². The maximum absolute atomic E-state index is 11.7. The first-order chi connectivity index (χ1) is 9.92. The zero-order valence-electron chi connectivity index (χ0n) is 13.2. The van der Waals surface area contributed by atoms with Crippen LogP contribution in [0.1, 0.15) is 26.3 Å². The molecule has 5 nitrogen and oxygen atoms in total. The van der Waals surface area contributed by atoms with Crippen molar-refractivity contribution in [2.75, 3.05) is 20.2 Å². The van der Waals surface area contributed by atoms with Gasteiger partial charge in [0.1, 0.15) is 5.75 Å². The number of methoxy groups -OCH3 is 1. The lowest BCUT2D eigenvalue weighted by Crippen LogP contribution is -2.42. The average Bonchev–Trinajstić information content (AvgIpc) is 2.42. The molecule has 0 aromatic heterocycles. The number of nitrogens with zero attached hydrogens (tertiary/aromatic N) is 1. The Kier molecular flexibility index (Phi) is 6.72. The molecule has 0 aliphatic heterocycles. The minimum Gasteiger partial charge on any atom is -0.497 e. The first-order valence-electron chi connectivity index (χ1n) is 7.10. The minimum atomic E-state index is -0.130. The summed E-state index contributed by atoms with van der Waals surface area (Å²) in [7, 11) is 1.62. The van der Waals surface area contributed by atoms with Crippen LogP contribution < -0.4 is 10.1 Å². The molecule has 0 unspecified atom stereocenters. The van der Waals surface area contributed by atoms with Gasteiger partial charge in [0.15, 0.2) is 0 Å². The molecule has 21 heavy (non-hydrogen) atoms. The summed E-state index contributed by atoms with van der Waals surface area (Å²) in [6.07, 6.45) is 0.707. The van der Waals surface area contributed by atoms with E-state index in [-0.39, 0.29) is 24.4 Å². The number of rotatable bonds is 7. The summed E-state index contributed by atoms with van der Waals surface area (Å²) in [6, 6.07) is 7.78. The summed E-state index contributed by atoms with van der Waals surface area (Å²) in [5, 5.41) is 2.79. The summed E-state index contributed by atoms with van der Waals surface area (Å²) < 4.78 is 5.11. The second-order valence-corrected chi connectivity index (χ2v) is 5.26. The van der Waals surface area contributed by atoms with Gasteiger partial charge in [-0.25, -0.2) is 0 Å². The van der Waals surface area contributed by atoms with Crippen LogP contribution in [0.15, 0.2) is 24.3 Å². The molecule has 0 heterocycles. The average molecular weight is 292 g/mol. The molecule has 1 aromatic rings. The van der Waals surface area contributed by atoms with Crippen molar-refractivity contribution in [1.82, 2.24) is 10.2 Å². The molecule has 0 saturated carbocycles. The lowest BCUT2D eigenvalue weighted by molar-refractivity contribution is -0.134. The smallest absolute Gasteiger partial charge is 0.239 e. The van der Waals surface area contributed by atoms with Crippen molar-refractivity contribution < 1.29 is 14.3 Å². The molecule has 0 aliphatic carbocycles. The van der Waals surface area contributed by atoms with Crippen molar-refractivity contribution in [3.63, 3.8) is 0 Å². The molecule has 0 spiro atoms. The van der Waals surface area contributed by atoms with E-state index in [2.05, 4.69) is 5.32 Å². The topological polar surface area (TPSA) is 58.6 Å². The highest BCUT2D eigenvalue weighted by atomic mass is 16.5. The van der Waals surface area contributed by atoms with Crippen LogP contribution in [-0.4, -0.2) is 43.0 Å². The molecule has 0 aliphatic rings. The van der Waals surface area contributed by atoms with Crippen molar-refractivity contribution in [2.45, 2.75) is 33.2 Å². The monoisotopic (exact) mass is 292 g/mol. The maximum Gasteiger partial charge on any atom is 0.239 e. The second kappa shape index (κ2) is 8.29. The van der Waals surface area contributed by atoms with Crippen LogP contribution in [0.25, 0.3) is 0 Å². The second-order valence-electron chi connectivity index (χ2n) is 5.26. The Bertz CT molecular complexity index is 469. The Hall–Kier alpha value is -2.04. The molecule has 0 bridgehead atoms. The van der Waals surface area contributed by atoms with E-state index in [0.717, 1.165) is 11.3 Å². The van der Waals surface area contributed by atoms with E-state index in [1.54, 1.807) is 12.0 Å². The lowest BCUT2D eigenvalue weighted by Gasteiger charge is -2.21. The molecular formula is C16H24N2O3. The number of carbonyl (C=O) groups is 2. The maximum atomic E-state index is 11.7. The van der Waals surface area contributed by atoms with E-state index in [0.29, 0.717) is 13.0 Å². The highest BCUT2D eigenvalue weighted by Crippen LogP contribution is 2.12. The Morgan fingerprint density at radius 3 is 2.33 bits per heavy atom. The molecule has 0 radical (unpaired) electrons. The lowest BCUT2D eigenvalue weighted by atomic mass is 10.1. The number of hydrogen-bond acceptors (Lipinski definition) is 3. The van der Waals surface area contributed by atoms with Gasteiger partial charge in [-0.1, -0.05) is 12.1 Å². The molecule has 0 saturated heterocycles. The number of carbonyl (C=O) groups excluding carboxylic acids is 2. The third kappa shape index (κ3) is 6.29. The molecule has 1 aromatic carbocycles. The molecule has 0 fully saturated rings. The molecule has 2 amide bonds. The number of ether oxygens (including phenoxy) is 1. The third-order valence-corrected chi connectivity index (χ3v) is 3.06. The van der Waals surface area contributed by atoms with Crippen LogP contribution >= 0.6 is 0 Å². The van der Waals surface area contributed by atoms with Crippen LogP contribution in [0.3, 0.4) is 0 Å². The summed E-state index contributed by atoms with van der Waals surface area (Å²) >= 11 is 0. The van der Waals surface area contributed by atoms with E-state index < -0.39 is 0 Å². The van der Waals surface area contributed by atoms with Gasteiger partial charge in [-0.2, -0.15) is 0 Å². The van der Waals surface area contributed by atoms with Gasteiger partial charge in [0.25, 0.3) is 0 Å². The number of benzene rings is 1. The highest BCUT2D eigenvalue weighted by molar-refractivity contribution is 5.83. The van der Waals surface area contributed by atoms with E-state index in [4.69, 9.17) is 4.74 Å². The van der Waals surface area contributed by atoms with Gasteiger partial charge in [0.05, 0.1) is 13.7 Å². The molecule has 1 N–H and O–H groups in total. The predicted octanol–water partition coefficient (Wildman–Crippen LogP) is 1.61. The summed E-state index contributed by atoms with van der Waals surface area (Å²) in [5.41, 5.74) is 1.10. The van der Waals surface area contributed by atoms with E-state index in [1.807, 2.05) is 38.1 Å². The number of hydrogen-bond donors (Lipinski definition) is 1. The number of amides is 2. The fourth-order valence-corrected chi connectivity index (χ4v) is 1.95. The third-order valence-electron chi connectivity index (χ3n) is 3.06. The minimum absolute atomic E-state index is 0.0768. The molecular weight excluding hydrogens is 268 g/mol. The van der Waals surface area contributed by atoms with Gasteiger partial charge < -0.3 is 15.0 Å². The largest absolute Gasteiger partial charge is 0.497 e. The van der Waals surface area contributed by atoms with Crippen LogP contribution in [0.5, 0.6) is 5.75 Å². The zero-order chi connectivity index (χ0) is 15.8. The van der Waals surface area contributed by atoms with E-state index in [1.165, 1.54) is 6.92 Å². The van der Waals surface area contributed by atoms with Crippen molar-refractivity contribution >= 4 is 11.8 Å². The standard InChI is InChI=1S/C16H24N2O3/c1-12(2)17-16(20)11-18(13(3)19)10-9-14-5-7-15(21-4)8-6-14/h5-8,12H,9-11H2,1-4H3,(H,17,20). The van der Waals surface area contributed by atoms with Gasteiger partial charge in [-0.15, -0.1) is 0 Å². The van der Waals surface area contributed by atoms with Crippen LogP contribution in [-0.2, 0) is 16.0 Å². The fourth-order valence-electron chi connectivity index (χ4n) is 1.95. The van der Waals surface area contributed by atoms with Crippen LogP contribution in [0, 0.1) is 0 Å². The Labute approximate surface area is 126 Å². The Balaban J connectivity index is 2.54. The summed E-state index contributed by atoms with van der Waals surface area (Å²) in [4.78, 5) is 24.9. The van der Waals surface area contributed by atoms with Crippen molar-refractivity contribution in [1.29, 1.82) is 0 Å². The quantitative estimate of drug-likeness (QED) is 0.830. The first kappa shape index (κ1) is 17.0. The van der Waals surface area contributed by atoms with Gasteiger partial charge >= 0.3 is 0 Å². The van der Waals surface area contributed by atoms with E-state index >= 15 is 0 Å². The molecule has 5 heteroatoms. The highest BCUT2D eigenvalue weighted by Gasteiger charge is 2.14. The van der Waals surface area contributed by atoms with Gasteiger partial charge in [-0.05, 0) is 38.0 Å². The Morgan fingerprint density at radius 2 is 1.86 bits per heavy atom. The van der Waals surface area contributed by atoms with Gasteiger partial charge in [0.2, 0.25) is 11.8 Å². The summed E-state index contributed by atoms with van der Waals surface area (Å²) in [6.45, 7) is 5.90. The van der Waals surface area contributed by atoms with Crippen LogP contribution in [0.2, 0.25) is 0 Å². The summed E-state index contributed by atoms with van der Waals surface area (Å²) in [5.74, 6) is 0.579. The van der Waals surface area contributed by atoms with Crippen molar-refractivity contribution in [3.05, 3.63) is 29.8 Å². The molecule has 0 atom stereocenters. The van der Waals surface area contributed by atoms with Crippen LogP contribution in [0.4, 0.5) is 0 Å². The number of nitrogens with one attached hydrogen (secondary N) is 1. The van der Waals surface area contributed by atoms with E-state index in [9.17, 15) is 9.59 Å². The Morgan fingerprint density at radius 1 is 1.24 bits per heavy atom. The van der Waals surface area contributed by atoms with Crippen molar-refractivity contribution in [3.8, 4) is 5.75 Å². The fraction of sp³-hybridized carbons (Fsp3) is 0.500. The molecule has 116 valence electrons. The van der Waals surface area contributed by atoms with Gasteiger partial charge in [-0.3, -0.25) is 9.59 Å². The van der Waals surface area contributed by atoms with Gasteiger partial charge in [0, 0.05) is 19.5 Å². The normalized spacial score (nSPS) is 10.3. The predicted molar refractivity (Wildman–Crippen MR) is 82.2 cm³/mol. The zero-order valence-corrected chi connectivity index (χ0v) is 13.2.